The van der Waals surface area contributed by atoms with Gasteiger partial charge in [-0.2, -0.15) is 0 Å². The molecule has 10 heteroatoms. The van der Waals surface area contributed by atoms with Gasteiger partial charge in [0.25, 0.3) is 0 Å². The van der Waals surface area contributed by atoms with Crippen molar-refractivity contribution in [2.24, 2.45) is 5.92 Å². The molecular formula is C19H17ClN4O3S2. The molecule has 1 fully saturated rings. The Morgan fingerprint density at radius 2 is 1.93 bits per heavy atom. The van der Waals surface area contributed by atoms with E-state index in [1.54, 1.807) is 24.6 Å². The van der Waals surface area contributed by atoms with Gasteiger partial charge in [0.1, 0.15) is 5.75 Å². The fourth-order valence-electron chi connectivity index (χ4n) is 2.62. The lowest BCUT2D eigenvalue weighted by atomic mass is 10.2. The Balaban J connectivity index is 1.35. The largest absolute Gasteiger partial charge is 0.495 e. The van der Waals surface area contributed by atoms with E-state index in [0.29, 0.717) is 32.4 Å². The van der Waals surface area contributed by atoms with Gasteiger partial charge in [-0.3, -0.25) is 9.59 Å². The monoisotopic (exact) mass is 448 g/mol. The van der Waals surface area contributed by atoms with Crippen LogP contribution in [0.3, 0.4) is 0 Å². The molecule has 0 radical (unpaired) electrons. The molecule has 0 saturated heterocycles. The summed E-state index contributed by atoms with van der Waals surface area (Å²) in [7, 11) is 1.56. The van der Waals surface area contributed by atoms with E-state index < -0.39 is 0 Å². The molecule has 0 bridgehead atoms. The third kappa shape index (κ3) is 4.92. The van der Waals surface area contributed by atoms with E-state index in [0.717, 1.165) is 18.4 Å². The van der Waals surface area contributed by atoms with Gasteiger partial charge in [0, 0.05) is 22.2 Å². The van der Waals surface area contributed by atoms with Crippen molar-refractivity contribution in [1.82, 2.24) is 9.97 Å². The second kappa shape index (κ2) is 8.48. The van der Waals surface area contributed by atoms with E-state index in [2.05, 4.69) is 20.6 Å². The highest BCUT2D eigenvalue weighted by Crippen LogP contribution is 2.32. The number of aromatic nitrogens is 2. The van der Waals surface area contributed by atoms with Crippen LogP contribution in [0.5, 0.6) is 5.75 Å². The van der Waals surface area contributed by atoms with Gasteiger partial charge in [-0.05, 0) is 31.0 Å². The molecule has 1 aromatic carbocycles. The Labute approximate surface area is 180 Å². The number of anilines is 2. The third-order valence-corrected chi connectivity index (χ3v) is 6.13. The molecule has 0 unspecified atom stereocenters. The maximum absolute atomic E-state index is 12.3. The molecule has 2 heterocycles. The number of hydrogen-bond acceptors (Lipinski definition) is 7. The zero-order valence-corrected chi connectivity index (χ0v) is 17.8. The number of carbonyl (C=O) groups is 2. The van der Waals surface area contributed by atoms with Crippen LogP contribution >= 0.6 is 34.3 Å². The van der Waals surface area contributed by atoms with E-state index in [1.165, 1.54) is 22.7 Å². The number of nitrogens with one attached hydrogen (secondary N) is 2. The molecule has 2 N–H and O–H groups in total. The second-order valence-electron chi connectivity index (χ2n) is 6.52. The van der Waals surface area contributed by atoms with Crippen molar-refractivity contribution < 1.29 is 14.3 Å². The van der Waals surface area contributed by atoms with E-state index in [9.17, 15) is 9.59 Å². The maximum atomic E-state index is 12.3. The molecule has 0 spiro atoms. The summed E-state index contributed by atoms with van der Waals surface area (Å²) in [5, 5.41) is 10.7. The predicted octanol–water partition coefficient (Wildman–Crippen LogP) is 4.46. The van der Waals surface area contributed by atoms with Crippen LogP contribution in [-0.2, 0) is 16.0 Å². The molecule has 29 heavy (non-hydrogen) atoms. The van der Waals surface area contributed by atoms with E-state index in [1.807, 2.05) is 11.4 Å². The van der Waals surface area contributed by atoms with E-state index >= 15 is 0 Å². The molecular weight excluding hydrogens is 432 g/mol. The number of nitrogens with zero attached hydrogens (tertiary/aromatic N) is 2. The Bertz CT molecular complexity index is 1060. The summed E-state index contributed by atoms with van der Waals surface area (Å²) < 4.78 is 5.15. The Morgan fingerprint density at radius 3 is 2.66 bits per heavy atom. The van der Waals surface area contributed by atoms with Crippen molar-refractivity contribution in [2.75, 3.05) is 17.7 Å². The van der Waals surface area contributed by atoms with Crippen molar-refractivity contribution in [1.29, 1.82) is 0 Å². The summed E-state index contributed by atoms with van der Waals surface area (Å²) in [5.74, 6) is 0.494. The molecule has 1 aliphatic rings. The van der Waals surface area contributed by atoms with Gasteiger partial charge >= 0.3 is 0 Å². The van der Waals surface area contributed by atoms with Crippen molar-refractivity contribution in [3.63, 3.8) is 0 Å². The minimum atomic E-state index is -0.218. The lowest BCUT2D eigenvalue weighted by molar-refractivity contribution is -0.117. The van der Waals surface area contributed by atoms with Crippen molar-refractivity contribution in [3.8, 4) is 17.0 Å². The molecule has 0 aliphatic heterocycles. The number of thiazole rings is 2. The number of halogens is 1. The lowest BCUT2D eigenvalue weighted by Gasteiger charge is -2.04. The van der Waals surface area contributed by atoms with Gasteiger partial charge in [-0.1, -0.05) is 11.6 Å². The van der Waals surface area contributed by atoms with Crippen LogP contribution in [0.2, 0.25) is 5.02 Å². The highest BCUT2D eigenvalue weighted by atomic mass is 35.5. The van der Waals surface area contributed by atoms with Crippen molar-refractivity contribution in [3.05, 3.63) is 39.7 Å². The maximum Gasteiger partial charge on any atom is 0.232 e. The highest BCUT2D eigenvalue weighted by Gasteiger charge is 2.30. The molecule has 7 nitrogen and oxygen atoms in total. The van der Waals surface area contributed by atoms with Crippen LogP contribution in [0.1, 0.15) is 18.5 Å². The molecule has 1 aliphatic carbocycles. The number of carbonyl (C=O) groups excluding carboxylic acids is 2. The zero-order chi connectivity index (χ0) is 20.4. The lowest BCUT2D eigenvalue weighted by Crippen LogP contribution is -2.15. The first-order chi connectivity index (χ1) is 14.0. The Morgan fingerprint density at radius 1 is 1.17 bits per heavy atom. The second-order valence-corrected chi connectivity index (χ2v) is 8.64. The summed E-state index contributed by atoms with van der Waals surface area (Å²) >= 11 is 8.81. The van der Waals surface area contributed by atoms with Gasteiger partial charge in [0.15, 0.2) is 10.3 Å². The van der Waals surface area contributed by atoms with Gasteiger partial charge in [0.05, 0.1) is 29.9 Å². The topological polar surface area (TPSA) is 93.2 Å². The summed E-state index contributed by atoms with van der Waals surface area (Å²) in [6.07, 6.45) is 1.98. The quantitative estimate of drug-likeness (QED) is 0.556. The normalized spacial score (nSPS) is 13.2. The molecule has 2 amide bonds. The van der Waals surface area contributed by atoms with Gasteiger partial charge in [0.2, 0.25) is 11.8 Å². The van der Waals surface area contributed by atoms with E-state index in [4.69, 9.17) is 16.3 Å². The van der Waals surface area contributed by atoms with Crippen molar-refractivity contribution >= 4 is 56.4 Å². The number of amides is 2. The standard InChI is InChI=1S/C19H17ClN4O3S2/c1-27-15-5-4-11(6-13(15)20)14-9-29-19(22-14)23-16(25)7-12-8-28-18(21-12)24-17(26)10-2-3-10/h4-6,8-10H,2-3,7H2,1H3,(H,21,24,26)(H,22,23,25). The summed E-state index contributed by atoms with van der Waals surface area (Å²) in [4.78, 5) is 32.8. The van der Waals surface area contributed by atoms with Crippen LogP contribution in [0.4, 0.5) is 10.3 Å². The number of hydrogen-bond donors (Lipinski definition) is 2. The smallest absolute Gasteiger partial charge is 0.232 e. The fourth-order valence-corrected chi connectivity index (χ4v) is 4.32. The fraction of sp³-hybridized carbons (Fsp3) is 0.263. The van der Waals surface area contributed by atoms with Crippen LogP contribution in [0.15, 0.2) is 29.0 Å². The van der Waals surface area contributed by atoms with Crippen LogP contribution in [-0.4, -0.2) is 28.9 Å². The highest BCUT2D eigenvalue weighted by molar-refractivity contribution is 7.14. The Kier molecular flexibility index (Phi) is 5.79. The number of methoxy groups -OCH3 is 1. The van der Waals surface area contributed by atoms with E-state index in [-0.39, 0.29) is 24.2 Å². The summed E-state index contributed by atoms with van der Waals surface area (Å²) in [6, 6.07) is 5.41. The first kappa shape index (κ1) is 19.8. The van der Waals surface area contributed by atoms with Crippen LogP contribution in [0.25, 0.3) is 11.3 Å². The average Bonchev–Trinajstić information content (AvgIpc) is 3.31. The first-order valence-electron chi connectivity index (χ1n) is 8.86. The van der Waals surface area contributed by atoms with Crippen molar-refractivity contribution in [2.45, 2.75) is 19.3 Å². The number of rotatable bonds is 7. The molecule has 4 rings (SSSR count). The van der Waals surface area contributed by atoms with Crippen LogP contribution < -0.4 is 15.4 Å². The van der Waals surface area contributed by atoms with Gasteiger partial charge in [-0.25, -0.2) is 9.97 Å². The summed E-state index contributed by atoms with van der Waals surface area (Å²) in [5.41, 5.74) is 2.16. The molecule has 3 aromatic rings. The summed E-state index contributed by atoms with van der Waals surface area (Å²) in [6.45, 7) is 0. The van der Waals surface area contributed by atoms with Gasteiger partial charge in [-0.15, -0.1) is 22.7 Å². The minimum Gasteiger partial charge on any atom is -0.495 e. The zero-order valence-electron chi connectivity index (χ0n) is 15.4. The van der Waals surface area contributed by atoms with Crippen LogP contribution in [0, 0.1) is 5.92 Å². The molecule has 150 valence electrons. The number of benzene rings is 1. The third-order valence-electron chi connectivity index (χ3n) is 4.27. The first-order valence-corrected chi connectivity index (χ1v) is 11.0. The Hall–Kier alpha value is -2.49. The number of ether oxygens (including phenoxy) is 1. The molecule has 0 atom stereocenters. The SMILES string of the molecule is COc1ccc(-c2csc(NC(=O)Cc3csc(NC(=O)C4CC4)n3)n2)cc1Cl. The predicted molar refractivity (Wildman–Crippen MR) is 115 cm³/mol. The molecule has 1 saturated carbocycles. The molecule has 2 aromatic heterocycles. The minimum absolute atomic E-state index is 0.00398. The van der Waals surface area contributed by atoms with Gasteiger partial charge < -0.3 is 15.4 Å². The average molecular weight is 449 g/mol.